The van der Waals surface area contributed by atoms with Crippen LogP contribution in [0.2, 0.25) is 10.0 Å². The van der Waals surface area contributed by atoms with E-state index < -0.39 is 23.8 Å². The van der Waals surface area contributed by atoms with E-state index in [2.05, 4.69) is 21.0 Å². The number of hydrogen-bond acceptors (Lipinski definition) is 5. The van der Waals surface area contributed by atoms with Crippen LogP contribution in [0.15, 0.2) is 88.4 Å². The van der Waals surface area contributed by atoms with E-state index in [-0.39, 0.29) is 12.1 Å². The van der Waals surface area contributed by atoms with Gasteiger partial charge in [-0.2, -0.15) is 5.10 Å². The van der Waals surface area contributed by atoms with Gasteiger partial charge >= 0.3 is 0 Å². The molecular weight excluding hydrogens is 577 g/mol. The zero-order chi connectivity index (χ0) is 25.8. The minimum absolute atomic E-state index is 0.0761. The van der Waals surface area contributed by atoms with E-state index in [0.29, 0.717) is 37.1 Å². The average Bonchev–Trinajstić information content (AvgIpc) is 3.33. The van der Waals surface area contributed by atoms with Gasteiger partial charge in [-0.1, -0.05) is 75.5 Å². The van der Waals surface area contributed by atoms with Crippen LogP contribution in [0.3, 0.4) is 0 Å². The molecule has 6 nitrogen and oxygen atoms in total. The van der Waals surface area contributed by atoms with E-state index >= 15 is 0 Å². The molecule has 9 heteroatoms. The molecule has 0 N–H and O–H groups in total. The van der Waals surface area contributed by atoms with Crippen LogP contribution in [0.5, 0.6) is 0 Å². The van der Waals surface area contributed by atoms with E-state index in [0.717, 1.165) is 15.4 Å². The molecule has 1 atom stereocenters. The summed E-state index contributed by atoms with van der Waals surface area (Å²) in [7, 11) is 0. The Bertz CT molecular complexity index is 1620. The SMILES string of the molecule is O=C(C1=NN(c2ccc(Cl)cc2Cl)C(c2ccc(Br)cc2)C1)N1C(=O)c2cccc3cccc(c23)C1=O. The number of anilines is 1. The summed E-state index contributed by atoms with van der Waals surface area (Å²) in [6.45, 7) is 0. The second kappa shape index (κ2) is 9.10. The molecule has 0 radical (unpaired) electrons. The Morgan fingerprint density at radius 2 is 1.54 bits per heavy atom. The molecule has 0 bridgehead atoms. The first-order valence-electron chi connectivity index (χ1n) is 11.4. The zero-order valence-corrected chi connectivity index (χ0v) is 22.1. The molecule has 0 saturated carbocycles. The lowest BCUT2D eigenvalue weighted by molar-refractivity contribution is -0.119. The summed E-state index contributed by atoms with van der Waals surface area (Å²) < 4.78 is 0.903. The molecule has 0 aromatic heterocycles. The second-order valence-electron chi connectivity index (χ2n) is 8.72. The summed E-state index contributed by atoms with van der Waals surface area (Å²) in [6.07, 6.45) is 0.169. The van der Waals surface area contributed by atoms with Gasteiger partial charge in [-0.3, -0.25) is 19.4 Å². The number of carbonyl (C=O) groups is 3. The smallest absolute Gasteiger partial charge is 0.268 e. The topological polar surface area (TPSA) is 70.1 Å². The molecule has 0 aliphatic carbocycles. The van der Waals surface area contributed by atoms with Crippen molar-refractivity contribution in [2.24, 2.45) is 5.10 Å². The minimum Gasteiger partial charge on any atom is -0.268 e. The largest absolute Gasteiger partial charge is 0.284 e. The van der Waals surface area contributed by atoms with Gasteiger partial charge in [0.15, 0.2) is 0 Å². The Kier molecular flexibility index (Phi) is 5.87. The van der Waals surface area contributed by atoms with Crippen LogP contribution in [0, 0.1) is 0 Å². The summed E-state index contributed by atoms with van der Waals surface area (Å²) in [5.74, 6) is -2.08. The molecule has 6 rings (SSSR count). The van der Waals surface area contributed by atoms with Crippen molar-refractivity contribution < 1.29 is 14.4 Å². The quantitative estimate of drug-likeness (QED) is 0.239. The highest BCUT2D eigenvalue weighted by atomic mass is 79.9. The van der Waals surface area contributed by atoms with Crippen molar-refractivity contribution in [2.75, 3.05) is 5.01 Å². The first kappa shape index (κ1) is 23.9. The van der Waals surface area contributed by atoms with Crippen molar-refractivity contribution in [2.45, 2.75) is 12.5 Å². The third kappa shape index (κ3) is 3.94. The highest BCUT2D eigenvalue weighted by Crippen LogP contribution is 2.40. The van der Waals surface area contributed by atoms with Crippen molar-refractivity contribution in [1.82, 2.24) is 4.90 Å². The lowest BCUT2D eigenvalue weighted by Crippen LogP contribution is -2.47. The van der Waals surface area contributed by atoms with E-state index in [4.69, 9.17) is 23.2 Å². The van der Waals surface area contributed by atoms with E-state index in [1.807, 2.05) is 36.4 Å². The number of halogens is 3. The standard InChI is InChI=1S/C28H16BrCl2N3O3/c29-17-9-7-15(8-10-17)24-14-22(32-34(24)23-12-11-18(30)13-21(23)31)28(37)33-26(35)19-5-1-3-16-4-2-6-20(25(16)19)27(33)36/h1-13,24H,14H2. The number of imide groups is 3. The highest BCUT2D eigenvalue weighted by molar-refractivity contribution is 9.10. The lowest BCUT2D eigenvalue weighted by atomic mass is 9.93. The van der Waals surface area contributed by atoms with E-state index in [1.165, 1.54) is 0 Å². The van der Waals surface area contributed by atoms with Gasteiger partial charge in [-0.25, -0.2) is 4.90 Å². The van der Waals surface area contributed by atoms with Crippen molar-refractivity contribution in [1.29, 1.82) is 0 Å². The maximum atomic E-state index is 13.8. The molecule has 2 aliphatic heterocycles. The molecule has 37 heavy (non-hydrogen) atoms. The fraction of sp³-hybridized carbons (Fsp3) is 0.0714. The fourth-order valence-corrected chi connectivity index (χ4v) is 5.58. The van der Waals surface area contributed by atoms with Gasteiger partial charge in [0, 0.05) is 32.4 Å². The Morgan fingerprint density at radius 1 is 0.892 bits per heavy atom. The summed E-state index contributed by atoms with van der Waals surface area (Å²) in [6, 6.07) is 22.6. The predicted molar refractivity (Wildman–Crippen MR) is 147 cm³/mol. The number of carbonyl (C=O) groups excluding carboxylic acids is 3. The third-order valence-electron chi connectivity index (χ3n) is 6.54. The van der Waals surface area contributed by atoms with Crippen LogP contribution in [0.25, 0.3) is 10.8 Å². The van der Waals surface area contributed by atoms with E-state index in [9.17, 15) is 14.4 Å². The van der Waals surface area contributed by atoms with Crippen LogP contribution < -0.4 is 5.01 Å². The van der Waals surface area contributed by atoms with Crippen LogP contribution >= 0.6 is 39.1 Å². The number of hydrazone groups is 1. The maximum Gasteiger partial charge on any atom is 0.284 e. The lowest BCUT2D eigenvalue weighted by Gasteiger charge is -2.25. The molecule has 182 valence electrons. The minimum atomic E-state index is -0.754. The van der Waals surface area contributed by atoms with Gasteiger partial charge in [-0.15, -0.1) is 0 Å². The number of rotatable bonds is 3. The first-order valence-corrected chi connectivity index (χ1v) is 12.9. The Hall–Kier alpha value is -3.52. The average molecular weight is 593 g/mol. The van der Waals surface area contributed by atoms with Crippen LogP contribution in [-0.2, 0) is 4.79 Å². The number of amides is 3. The van der Waals surface area contributed by atoms with Gasteiger partial charge in [0.25, 0.3) is 17.7 Å². The third-order valence-corrected chi connectivity index (χ3v) is 7.61. The molecule has 2 heterocycles. The molecule has 2 aliphatic rings. The first-order chi connectivity index (χ1) is 17.8. The molecule has 0 spiro atoms. The van der Waals surface area contributed by atoms with Crippen molar-refractivity contribution in [3.05, 3.63) is 110 Å². The number of nitrogens with zero attached hydrogens (tertiary/aromatic N) is 3. The van der Waals surface area contributed by atoms with Crippen molar-refractivity contribution in [3.8, 4) is 0 Å². The highest BCUT2D eigenvalue weighted by Gasteiger charge is 2.42. The molecule has 0 saturated heterocycles. The fourth-order valence-electron chi connectivity index (χ4n) is 4.82. The Labute approximate surface area is 230 Å². The maximum absolute atomic E-state index is 13.8. The molecule has 3 amide bonds. The van der Waals surface area contributed by atoms with Crippen LogP contribution in [0.4, 0.5) is 5.69 Å². The molecule has 4 aromatic rings. The normalized spacial score (nSPS) is 16.9. The summed E-state index contributed by atoms with van der Waals surface area (Å²) in [5.41, 5.74) is 2.12. The number of benzene rings is 4. The number of hydrogen-bond donors (Lipinski definition) is 0. The van der Waals surface area contributed by atoms with Crippen molar-refractivity contribution in [3.63, 3.8) is 0 Å². The molecule has 1 unspecified atom stereocenters. The Balaban J connectivity index is 1.42. The summed E-state index contributed by atoms with van der Waals surface area (Å²) in [5, 5.41) is 8.38. The zero-order valence-electron chi connectivity index (χ0n) is 19.0. The molecular formula is C28H16BrCl2N3O3. The van der Waals surface area contributed by atoms with Gasteiger partial charge in [-0.05, 0) is 53.4 Å². The van der Waals surface area contributed by atoms with Gasteiger partial charge in [0.1, 0.15) is 5.71 Å². The predicted octanol–water partition coefficient (Wildman–Crippen LogP) is 7.04. The summed E-state index contributed by atoms with van der Waals surface area (Å²) in [4.78, 5) is 41.3. The van der Waals surface area contributed by atoms with Gasteiger partial charge in [0.2, 0.25) is 0 Å². The molecule has 0 fully saturated rings. The van der Waals surface area contributed by atoms with Crippen LogP contribution in [-0.4, -0.2) is 28.3 Å². The molecule has 4 aromatic carbocycles. The monoisotopic (exact) mass is 591 g/mol. The summed E-state index contributed by atoms with van der Waals surface area (Å²) >= 11 is 16.1. The second-order valence-corrected chi connectivity index (χ2v) is 10.5. The Morgan fingerprint density at radius 3 is 2.16 bits per heavy atom. The van der Waals surface area contributed by atoms with Gasteiger partial charge < -0.3 is 0 Å². The van der Waals surface area contributed by atoms with E-state index in [1.54, 1.807) is 47.5 Å². The van der Waals surface area contributed by atoms with Crippen molar-refractivity contribution >= 4 is 79.0 Å². The van der Waals surface area contributed by atoms with Crippen LogP contribution in [0.1, 0.15) is 38.7 Å². The van der Waals surface area contributed by atoms with Gasteiger partial charge in [0.05, 0.1) is 16.8 Å².